The van der Waals surface area contributed by atoms with Crippen molar-refractivity contribution in [2.24, 2.45) is 0 Å². The summed E-state index contributed by atoms with van der Waals surface area (Å²) in [5, 5.41) is 0. The summed E-state index contributed by atoms with van der Waals surface area (Å²) in [5.41, 5.74) is 0.368. The molecule has 2 fully saturated rings. The molecule has 0 radical (unpaired) electrons. The van der Waals surface area contributed by atoms with Crippen molar-refractivity contribution >= 4 is 27.5 Å². The van der Waals surface area contributed by atoms with E-state index in [1.54, 1.807) is 36.4 Å². The zero-order chi connectivity index (χ0) is 23.6. The molecule has 2 aromatic rings. The average molecular weight is 475 g/mol. The predicted molar refractivity (Wildman–Crippen MR) is 120 cm³/mol. The fourth-order valence-corrected chi connectivity index (χ4v) is 5.72. The zero-order valence-corrected chi connectivity index (χ0v) is 19.3. The van der Waals surface area contributed by atoms with Crippen LogP contribution in [0.15, 0.2) is 53.4 Å². The number of hydrogen-bond acceptors (Lipinski definition) is 7. The van der Waals surface area contributed by atoms with Crippen LogP contribution in [0.1, 0.15) is 19.3 Å². The molecule has 2 aromatic carbocycles. The maximum Gasteiger partial charge on any atom is 0.252 e. The van der Waals surface area contributed by atoms with Crippen LogP contribution >= 0.6 is 0 Å². The van der Waals surface area contributed by atoms with Gasteiger partial charge in [0.05, 0.1) is 37.3 Å². The topological polar surface area (TPSA) is 102 Å². The van der Waals surface area contributed by atoms with Crippen molar-refractivity contribution < 1.29 is 32.2 Å². The number of methoxy groups -OCH3 is 2. The van der Waals surface area contributed by atoms with Crippen molar-refractivity contribution in [2.75, 3.05) is 32.3 Å². The number of anilines is 1. The maximum atomic E-state index is 13.6. The first-order valence-corrected chi connectivity index (χ1v) is 12.1. The third-order valence-electron chi connectivity index (χ3n) is 5.87. The molecule has 0 N–H and O–H groups in total. The van der Waals surface area contributed by atoms with Gasteiger partial charge in [-0.15, -0.1) is 0 Å². The molecule has 0 bridgehead atoms. The Morgan fingerprint density at radius 2 is 1.61 bits per heavy atom. The lowest BCUT2D eigenvalue weighted by molar-refractivity contribution is -0.122. The van der Waals surface area contributed by atoms with E-state index in [-0.39, 0.29) is 24.0 Å². The summed E-state index contributed by atoms with van der Waals surface area (Å²) in [6.45, 7) is 0.533. The van der Waals surface area contributed by atoms with E-state index in [0.717, 1.165) is 15.6 Å². The van der Waals surface area contributed by atoms with E-state index in [1.807, 2.05) is 0 Å². The minimum Gasteiger partial charge on any atom is -0.497 e. The number of amides is 2. The number of ether oxygens (including phenoxy) is 3. The highest BCUT2D eigenvalue weighted by molar-refractivity contribution is 7.89. The molecule has 10 heteroatoms. The molecular weight excluding hydrogens is 448 g/mol. The van der Waals surface area contributed by atoms with Gasteiger partial charge in [0.15, 0.2) is 0 Å². The van der Waals surface area contributed by atoms with Crippen LogP contribution in [0.4, 0.5) is 5.69 Å². The lowest BCUT2D eigenvalue weighted by Crippen LogP contribution is -2.48. The van der Waals surface area contributed by atoms with Crippen molar-refractivity contribution in [2.45, 2.75) is 36.3 Å². The second kappa shape index (κ2) is 9.50. The number of rotatable bonds is 8. The fraction of sp³-hybridized carbons (Fsp3) is 0.391. The number of carbonyl (C=O) groups is 2. The fourth-order valence-electron chi connectivity index (χ4n) is 4.11. The second-order valence-corrected chi connectivity index (χ2v) is 9.76. The number of imide groups is 1. The molecule has 9 nitrogen and oxygen atoms in total. The highest BCUT2D eigenvalue weighted by atomic mass is 32.2. The molecule has 176 valence electrons. The number of benzene rings is 2. The monoisotopic (exact) mass is 474 g/mol. The Morgan fingerprint density at radius 1 is 1.00 bits per heavy atom. The quantitative estimate of drug-likeness (QED) is 0.541. The van der Waals surface area contributed by atoms with E-state index >= 15 is 0 Å². The molecule has 2 aliphatic heterocycles. The molecule has 2 aliphatic rings. The summed E-state index contributed by atoms with van der Waals surface area (Å²) in [6, 6.07) is 11.3. The Morgan fingerprint density at radius 3 is 2.15 bits per heavy atom. The van der Waals surface area contributed by atoms with Crippen LogP contribution in [0.2, 0.25) is 0 Å². The van der Waals surface area contributed by atoms with Gasteiger partial charge in [0.2, 0.25) is 15.9 Å². The molecule has 0 spiro atoms. The lowest BCUT2D eigenvalue weighted by atomic mass is 10.2. The molecular formula is C23H26N2O7S. The van der Waals surface area contributed by atoms with Gasteiger partial charge < -0.3 is 14.2 Å². The zero-order valence-electron chi connectivity index (χ0n) is 18.5. The third kappa shape index (κ3) is 4.59. The maximum absolute atomic E-state index is 13.6. The minimum absolute atomic E-state index is 0.00545. The molecule has 4 rings (SSSR count). The molecule has 2 saturated heterocycles. The first-order valence-electron chi connectivity index (χ1n) is 10.6. The van der Waals surface area contributed by atoms with Gasteiger partial charge in [0.1, 0.15) is 17.5 Å². The molecule has 0 aromatic heterocycles. The SMILES string of the molecule is COc1ccc(N2C(=O)CC(N(CC3CCCO3)S(=O)(=O)c3ccc(OC)cc3)C2=O)cc1. The smallest absolute Gasteiger partial charge is 0.252 e. The summed E-state index contributed by atoms with van der Waals surface area (Å²) in [4.78, 5) is 27.3. The lowest BCUT2D eigenvalue weighted by Gasteiger charge is -2.29. The van der Waals surface area contributed by atoms with E-state index < -0.39 is 27.9 Å². The first kappa shape index (κ1) is 23.2. The van der Waals surface area contributed by atoms with Crippen molar-refractivity contribution in [1.29, 1.82) is 0 Å². The van der Waals surface area contributed by atoms with Crippen molar-refractivity contribution in [1.82, 2.24) is 4.31 Å². The Hall–Kier alpha value is -2.95. The van der Waals surface area contributed by atoms with Crippen LogP contribution in [0.3, 0.4) is 0 Å². The Balaban J connectivity index is 1.67. The molecule has 2 unspecified atom stereocenters. The normalized spacial score (nSPS) is 21.1. The van der Waals surface area contributed by atoms with E-state index in [9.17, 15) is 18.0 Å². The Labute approximate surface area is 192 Å². The summed E-state index contributed by atoms with van der Waals surface area (Å²) >= 11 is 0. The summed E-state index contributed by atoms with van der Waals surface area (Å²) < 4.78 is 44.3. The largest absolute Gasteiger partial charge is 0.497 e. The van der Waals surface area contributed by atoms with Gasteiger partial charge in [-0.1, -0.05) is 0 Å². The van der Waals surface area contributed by atoms with Crippen LogP contribution < -0.4 is 14.4 Å². The van der Waals surface area contributed by atoms with Crippen LogP contribution in [0.5, 0.6) is 11.5 Å². The number of nitrogens with zero attached hydrogens (tertiary/aromatic N) is 2. The second-order valence-electron chi connectivity index (χ2n) is 7.87. The van der Waals surface area contributed by atoms with Crippen molar-refractivity contribution in [3.63, 3.8) is 0 Å². The Bertz CT molecular complexity index is 1110. The standard InChI is InChI=1S/C23H26N2O7S/c1-30-17-7-5-16(6-8-17)25-22(26)14-21(23(25)27)24(15-19-4-3-13-32-19)33(28,29)20-11-9-18(31-2)10-12-20/h5-12,19,21H,3-4,13-15H2,1-2H3. The molecule has 33 heavy (non-hydrogen) atoms. The van der Waals surface area contributed by atoms with Gasteiger partial charge in [0.25, 0.3) is 5.91 Å². The van der Waals surface area contributed by atoms with Gasteiger partial charge in [-0.25, -0.2) is 13.3 Å². The first-order chi connectivity index (χ1) is 15.8. The van der Waals surface area contributed by atoms with E-state index in [4.69, 9.17) is 14.2 Å². The van der Waals surface area contributed by atoms with Gasteiger partial charge in [0, 0.05) is 13.2 Å². The highest BCUT2D eigenvalue weighted by Crippen LogP contribution is 2.32. The van der Waals surface area contributed by atoms with Crippen molar-refractivity contribution in [3.8, 4) is 11.5 Å². The van der Waals surface area contributed by atoms with Gasteiger partial charge in [-0.05, 0) is 61.4 Å². The van der Waals surface area contributed by atoms with Crippen LogP contribution in [-0.2, 0) is 24.3 Å². The van der Waals surface area contributed by atoms with E-state index in [2.05, 4.69) is 0 Å². The van der Waals surface area contributed by atoms with Crippen LogP contribution in [0.25, 0.3) is 0 Å². The number of hydrogen-bond donors (Lipinski definition) is 0. The van der Waals surface area contributed by atoms with E-state index in [0.29, 0.717) is 30.2 Å². The third-order valence-corrected chi connectivity index (χ3v) is 7.76. The average Bonchev–Trinajstić information content (AvgIpc) is 3.45. The van der Waals surface area contributed by atoms with Crippen molar-refractivity contribution in [3.05, 3.63) is 48.5 Å². The molecule has 0 saturated carbocycles. The molecule has 2 amide bonds. The van der Waals surface area contributed by atoms with Gasteiger partial charge in [-0.2, -0.15) is 4.31 Å². The highest BCUT2D eigenvalue weighted by Gasteiger charge is 2.47. The summed E-state index contributed by atoms with van der Waals surface area (Å²) in [6.07, 6.45) is 0.922. The summed E-state index contributed by atoms with van der Waals surface area (Å²) in [7, 11) is -1.08. The van der Waals surface area contributed by atoms with Gasteiger partial charge in [-0.3, -0.25) is 9.59 Å². The Kier molecular flexibility index (Phi) is 6.68. The van der Waals surface area contributed by atoms with Gasteiger partial charge >= 0.3 is 0 Å². The predicted octanol–water partition coefficient (Wildman–Crippen LogP) is 2.21. The molecule has 0 aliphatic carbocycles. The van der Waals surface area contributed by atoms with Crippen LogP contribution in [-0.4, -0.2) is 64.1 Å². The molecule has 2 heterocycles. The number of carbonyl (C=O) groups excluding carboxylic acids is 2. The van der Waals surface area contributed by atoms with E-state index in [1.165, 1.54) is 26.4 Å². The number of sulfonamides is 1. The van der Waals surface area contributed by atoms with Crippen LogP contribution in [0, 0.1) is 0 Å². The minimum atomic E-state index is -4.09. The molecule has 2 atom stereocenters. The summed E-state index contributed by atoms with van der Waals surface area (Å²) in [5.74, 6) is 0.0478.